The zero-order chi connectivity index (χ0) is 22.1. The van der Waals surface area contributed by atoms with Crippen LogP contribution in [0.25, 0.3) is 0 Å². The second-order valence-electron chi connectivity index (χ2n) is 7.24. The molecule has 2 aromatic carbocycles. The summed E-state index contributed by atoms with van der Waals surface area (Å²) in [7, 11) is 6.80. The third kappa shape index (κ3) is 6.64. The zero-order valence-electron chi connectivity index (χ0n) is 18.4. The van der Waals surface area contributed by atoms with Crippen molar-refractivity contribution >= 4 is 5.78 Å². The first-order valence-electron chi connectivity index (χ1n) is 9.90. The maximum atomic E-state index is 11.5. The van der Waals surface area contributed by atoms with Gasteiger partial charge in [0.05, 0.1) is 34.9 Å². The third-order valence-corrected chi connectivity index (χ3v) is 4.87. The van der Waals surface area contributed by atoms with Gasteiger partial charge in [0, 0.05) is 12.0 Å². The van der Waals surface area contributed by atoms with E-state index in [2.05, 4.69) is 0 Å². The van der Waals surface area contributed by atoms with Crippen LogP contribution in [-0.2, 0) is 6.42 Å². The van der Waals surface area contributed by atoms with Crippen molar-refractivity contribution in [2.45, 2.75) is 19.4 Å². The molecule has 2 N–H and O–H groups in total. The molecule has 7 nitrogen and oxygen atoms in total. The van der Waals surface area contributed by atoms with E-state index in [4.69, 9.17) is 18.9 Å². The lowest BCUT2D eigenvalue weighted by atomic mass is 10.1. The Labute approximate surface area is 178 Å². The molecule has 0 amide bonds. The zero-order valence-corrected chi connectivity index (χ0v) is 18.4. The molecule has 2 aromatic rings. The number of aliphatic hydroxyl groups excluding tert-OH is 1. The summed E-state index contributed by atoms with van der Waals surface area (Å²) >= 11 is 0. The van der Waals surface area contributed by atoms with E-state index in [1.807, 2.05) is 25.2 Å². The number of ether oxygens (including phenoxy) is 4. The predicted octanol–water partition coefficient (Wildman–Crippen LogP) is 1.41. The Hall–Kier alpha value is -2.77. The average Bonchev–Trinajstić information content (AvgIpc) is 2.75. The molecule has 0 heterocycles. The molecule has 164 valence electrons. The van der Waals surface area contributed by atoms with Crippen LogP contribution in [0, 0.1) is 0 Å². The molecule has 2 rings (SSSR count). The molecule has 0 spiro atoms. The first kappa shape index (κ1) is 23.5. The summed E-state index contributed by atoms with van der Waals surface area (Å²) in [4.78, 5) is 12.7. The number of rotatable bonds is 12. The highest BCUT2D eigenvalue weighted by molar-refractivity contribution is 5.94. The highest BCUT2D eigenvalue weighted by atomic mass is 16.5. The van der Waals surface area contributed by atoms with Gasteiger partial charge in [0.2, 0.25) is 0 Å². The van der Waals surface area contributed by atoms with Crippen molar-refractivity contribution in [1.29, 1.82) is 0 Å². The van der Waals surface area contributed by atoms with Crippen LogP contribution >= 0.6 is 0 Å². The van der Waals surface area contributed by atoms with Gasteiger partial charge in [0.1, 0.15) is 19.3 Å². The van der Waals surface area contributed by atoms with Gasteiger partial charge in [0.25, 0.3) is 0 Å². The lowest BCUT2D eigenvalue weighted by Crippen LogP contribution is -3.10. The van der Waals surface area contributed by atoms with Crippen molar-refractivity contribution < 1.29 is 33.7 Å². The van der Waals surface area contributed by atoms with E-state index in [0.717, 1.165) is 18.5 Å². The number of likely N-dealkylation sites (N-methyl/N-ethyl adjacent to an activating group) is 1. The Balaban J connectivity index is 1.83. The van der Waals surface area contributed by atoms with Crippen molar-refractivity contribution in [2.75, 3.05) is 48.1 Å². The Morgan fingerprint density at radius 2 is 1.60 bits per heavy atom. The van der Waals surface area contributed by atoms with Gasteiger partial charge in [-0.1, -0.05) is 6.07 Å². The monoisotopic (exact) mass is 418 g/mol. The fourth-order valence-corrected chi connectivity index (χ4v) is 3.15. The molecule has 0 aliphatic rings. The largest absolute Gasteiger partial charge is 0.493 e. The normalized spacial score (nSPS) is 12.7. The van der Waals surface area contributed by atoms with Gasteiger partial charge < -0.3 is 29.0 Å². The number of carbonyl (C=O) groups is 1. The number of ketones is 1. The van der Waals surface area contributed by atoms with Crippen molar-refractivity contribution in [3.63, 3.8) is 0 Å². The van der Waals surface area contributed by atoms with Gasteiger partial charge in [-0.05, 0) is 42.8 Å². The minimum atomic E-state index is -0.632. The number of hydrogen-bond acceptors (Lipinski definition) is 6. The lowest BCUT2D eigenvalue weighted by Gasteiger charge is -2.19. The van der Waals surface area contributed by atoms with Crippen molar-refractivity contribution in [3.8, 4) is 23.0 Å². The maximum Gasteiger partial charge on any atom is 0.161 e. The number of aliphatic hydroxyl groups is 1. The SMILES string of the molecule is COc1ccc(CC[NH+](C)C[C@H](O)COc2ccc(C(C)=O)cc2OC)cc1OC. The van der Waals surface area contributed by atoms with Crippen LogP contribution in [0.2, 0.25) is 0 Å². The van der Waals surface area contributed by atoms with Crippen LogP contribution in [0.1, 0.15) is 22.8 Å². The number of carbonyl (C=O) groups excluding carboxylic acids is 1. The van der Waals surface area contributed by atoms with E-state index in [1.54, 1.807) is 32.4 Å². The molecule has 30 heavy (non-hydrogen) atoms. The summed E-state index contributed by atoms with van der Waals surface area (Å²) in [6, 6.07) is 10.9. The molecule has 0 saturated carbocycles. The van der Waals surface area contributed by atoms with Gasteiger partial charge in [-0.15, -0.1) is 0 Å². The second kappa shape index (κ2) is 11.4. The van der Waals surface area contributed by atoms with E-state index in [9.17, 15) is 9.90 Å². The number of quaternary nitrogens is 1. The van der Waals surface area contributed by atoms with Gasteiger partial charge in [-0.2, -0.15) is 0 Å². The average molecular weight is 419 g/mol. The first-order valence-corrected chi connectivity index (χ1v) is 9.90. The van der Waals surface area contributed by atoms with Gasteiger partial charge in [-0.3, -0.25) is 4.79 Å². The molecular weight excluding hydrogens is 386 g/mol. The number of benzene rings is 2. The number of methoxy groups -OCH3 is 3. The van der Waals surface area contributed by atoms with E-state index in [0.29, 0.717) is 35.1 Å². The predicted molar refractivity (Wildman–Crippen MR) is 114 cm³/mol. The molecule has 0 bridgehead atoms. The summed E-state index contributed by atoms with van der Waals surface area (Å²) in [5.41, 5.74) is 1.70. The van der Waals surface area contributed by atoms with Crippen LogP contribution < -0.4 is 23.8 Å². The highest BCUT2D eigenvalue weighted by Crippen LogP contribution is 2.28. The smallest absolute Gasteiger partial charge is 0.161 e. The van der Waals surface area contributed by atoms with Crippen LogP contribution in [-0.4, -0.2) is 65.1 Å². The molecule has 0 aromatic heterocycles. The molecule has 1 unspecified atom stereocenters. The standard InChI is InChI=1S/C23H31NO6/c1-16(25)18-7-9-21(23(13-18)29-5)30-15-19(26)14-24(2)11-10-17-6-8-20(27-3)22(12-17)28-4/h6-9,12-13,19,26H,10-11,14-15H2,1-5H3/p+1/t19-/m0/s1. The number of Topliss-reactive ketones (excluding diaryl/α,β-unsaturated/α-hetero) is 1. The molecule has 2 atom stereocenters. The van der Waals surface area contributed by atoms with Crippen molar-refractivity contribution in [1.82, 2.24) is 0 Å². The molecular formula is C23H32NO6+. The van der Waals surface area contributed by atoms with E-state index >= 15 is 0 Å². The molecule has 0 radical (unpaired) electrons. The fraction of sp³-hybridized carbons (Fsp3) is 0.435. The topological polar surface area (TPSA) is 78.7 Å². The van der Waals surface area contributed by atoms with Crippen LogP contribution in [0.5, 0.6) is 23.0 Å². The lowest BCUT2D eigenvalue weighted by molar-refractivity contribution is -0.882. The van der Waals surface area contributed by atoms with E-state index < -0.39 is 6.10 Å². The third-order valence-electron chi connectivity index (χ3n) is 4.87. The van der Waals surface area contributed by atoms with Crippen molar-refractivity contribution in [2.24, 2.45) is 0 Å². The van der Waals surface area contributed by atoms with Gasteiger partial charge in [0.15, 0.2) is 28.8 Å². The summed E-state index contributed by atoms with van der Waals surface area (Å²) in [6.45, 7) is 3.04. The fourth-order valence-electron chi connectivity index (χ4n) is 3.15. The van der Waals surface area contributed by atoms with E-state index in [-0.39, 0.29) is 12.4 Å². The summed E-state index contributed by atoms with van der Waals surface area (Å²) in [5, 5.41) is 10.4. The van der Waals surface area contributed by atoms with Crippen LogP contribution in [0.4, 0.5) is 0 Å². The Kier molecular flexibility index (Phi) is 8.95. The Morgan fingerprint density at radius 1 is 0.967 bits per heavy atom. The molecule has 0 aliphatic heterocycles. The van der Waals surface area contributed by atoms with E-state index in [1.165, 1.54) is 18.9 Å². The summed E-state index contributed by atoms with van der Waals surface area (Å²) in [6.07, 6.45) is 0.215. The molecule has 0 saturated heterocycles. The van der Waals surface area contributed by atoms with Gasteiger partial charge in [-0.25, -0.2) is 0 Å². The Bertz CT molecular complexity index is 838. The highest BCUT2D eigenvalue weighted by Gasteiger charge is 2.15. The minimum absolute atomic E-state index is 0.0420. The second-order valence-corrected chi connectivity index (χ2v) is 7.24. The summed E-state index contributed by atoms with van der Waals surface area (Å²) in [5.74, 6) is 2.36. The minimum Gasteiger partial charge on any atom is -0.493 e. The molecule has 7 heteroatoms. The molecule has 0 fully saturated rings. The number of hydrogen-bond donors (Lipinski definition) is 2. The maximum absolute atomic E-state index is 11.5. The Morgan fingerprint density at radius 3 is 2.23 bits per heavy atom. The first-order chi connectivity index (χ1) is 14.4. The van der Waals surface area contributed by atoms with Gasteiger partial charge >= 0.3 is 0 Å². The molecule has 0 aliphatic carbocycles. The number of nitrogens with one attached hydrogen (secondary N) is 1. The quantitative estimate of drug-likeness (QED) is 0.508. The van der Waals surface area contributed by atoms with Crippen LogP contribution in [0.15, 0.2) is 36.4 Å². The van der Waals surface area contributed by atoms with Crippen LogP contribution in [0.3, 0.4) is 0 Å². The summed E-state index contributed by atoms with van der Waals surface area (Å²) < 4.78 is 21.6. The van der Waals surface area contributed by atoms with Crippen molar-refractivity contribution in [3.05, 3.63) is 47.5 Å².